The van der Waals surface area contributed by atoms with Crippen LogP contribution in [0.1, 0.15) is 43.6 Å². The van der Waals surface area contributed by atoms with E-state index in [2.05, 4.69) is 21.7 Å². The van der Waals surface area contributed by atoms with Crippen LogP contribution in [0.2, 0.25) is 5.02 Å². The Bertz CT molecular complexity index is 682. The van der Waals surface area contributed by atoms with Crippen molar-refractivity contribution >= 4 is 23.5 Å². The third kappa shape index (κ3) is 4.14. The van der Waals surface area contributed by atoms with Gasteiger partial charge in [0.05, 0.1) is 5.41 Å². The van der Waals surface area contributed by atoms with Crippen molar-refractivity contribution < 1.29 is 4.79 Å². The number of hydrogen-bond acceptors (Lipinski definition) is 2. The van der Waals surface area contributed by atoms with Crippen LogP contribution in [0.5, 0.6) is 0 Å². The van der Waals surface area contributed by atoms with Gasteiger partial charge in [0.15, 0.2) is 5.96 Å². The molecule has 1 aromatic rings. The van der Waals surface area contributed by atoms with E-state index in [0.717, 1.165) is 43.1 Å². The van der Waals surface area contributed by atoms with Crippen molar-refractivity contribution in [3.8, 4) is 0 Å². The summed E-state index contributed by atoms with van der Waals surface area (Å²) in [5, 5.41) is 7.68. The number of carbonyl (C=O) groups excluding carboxylic acids is 1. The van der Waals surface area contributed by atoms with Crippen LogP contribution in [0.4, 0.5) is 0 Å². The molecular formula is C20H29ClN4O. The summed E-state index contributed by atoms with van der Waals surface area (Å²) in [6.07, 6.45) is 5.20. The summed E-state index contributed by atoms with van der Waals surface area (Å²) in [5.41, 5.74) is 0.970. The van der Waals surface area contributed by atoms with Crippen LogP contribution in [-0.4, -0.2) is 50.5 Å². The molecule has 0 spiro atoms. The normalized spacial score (nSPS) is 24.2. The number of aliphatic imine (C=N–C) groups is 1. The molecule has 0 aliphatic heterocycles. The van der Waals surface area contributed by atoms with Gasteiger partial charge in [0.25, 0.3) is 0 Å². The molecule has 0 radical (unpaired) electrons. The van der Waals surface area contributed by atoms with Gasteiger partial charge in [-0.05, 0) is 37.0 Å². The number of nitrogens with zero attached hydrogens (tertiary/aromatic N) is 2. The van der Waals surface area contributed by atoms with Gasteiger partial charge in [-0.25, -0.2) is 0 Å². The number of hydrogen-bond donors (Lipinski definition) is 2. The molecule has 2 fully saturated rings. The molecule has 2 aliphatic carbocycles. The molecule has 0 saturated heterocycles. The zero-order valence-corrected chi connectivity index (χ0v) is 16.6. The van der Waals surface area contributed by atoms with Crippen molar-refractivity contribution in [3.63, 3.8) is 0 Å². The quantitative estimate of drug-likeness (QED) is 0.613. The Balaban J connectivity index is 1.56. The van der Waals surface area contributed by atoms with E-state index in [0.29, 0.717) is 18.5 Å². The highest BCUT2D eigenvalue weighted by Crippen LogP contribution is 2.42. The SMILES string of the molecule is CN=C(NCC1(C(=O)N(C)C)CCCC1)NC1CC1c1cccc(Cl)c1. The van der Waals surface area contributed by atoms with Gasteiger partial charge >= 0.3 is 0 Å². The molecule has 1 amide bonds. The van der Waals surface area contributed by atoms with E-state index < -0.39 is 0 Å². The number of amides is 1. The largest absolute Gasteiger partial charge is 0.355 e. The van der Waals surface area contributed by atoms with Crippen LogP contribution in [0.3, 0.4) is 0 Å². The fourth-order valence-corrected chi connectivity index (χ4v) is 4.27. The summed E-state index contributed by atoms with van der Waals surface area (Å²) in [4.78, 5) is 18.8. The van der Waals surface area contributed by atoms with E-state index in [-0.39, 0.29) is 11.3 Å². The molecule has 26 heavy (non-hydrogen) atoms. The number of guanidine groups is 1. The molecule has 2 N–H and O–H groups in total. The Morgan fingerprint density at radius 1 is 1.35 bits per heavy atom. The highest BCUT2D eigenvalue weighted by Gasteiger charge is 2.43. The van der Waals surface area contributed by atoms with Crippen molar-refractivity contribution in [1.82, 2.24) is 15.5 Å². The van der Waals surface area contributed by atoms with E-state index in [1.165, 1.54) is 5.56 Å². The minimum atomic E-state index is -0.295. The Labute approximate surface area is 161 Å². The monoisotopic (exact) mass is 376 g/mol. The van der Waals surface area contributed by atoms with Gasteiger partial charge < -0.3 is 15.5 Å². The maximum absolute atomic E-state index is 12.7. The second-order valence-electron chi connectivity index (χ2n) is 7.76. The van der Waals surface area contributed by atoms with Gasteiger partial charge in [-0.3, -0.25) is 9.79 Å². The van der Waals surface area contributed by atoms with E-state index in [1.807, 2.05) is 32.3 Å². The van der Waals surface area contributed by atoms with Crippen molar-refractivity contribution in [2.24, 2.45) is 10.4 Å². The first-order chi connectivity index (χ1) is 12.4. The first-order valence-electron chi connectivity index (χ1n) is 9.39. The molecule has 1 aromatic carbocycles. The first kappa shape index (κ1) is 19.0. The summed E-state index contributed by atoms with van der Waals surface area (Å²) in [7, 11) is 5.46. The standard InChI is InChI=1S/C20H29ClN4O/c1-22-19(23-13-20(9-4-5-10-20)18(26)25(2)3)24-17-12-16(17)14-7-6-8-15(21)11-14/h6-8,11,16-17H,4-5,9-10,12-13H2,1-3H3,(H2,22,23,24). The molecule has 6 heteroatoms. The van der Waals surface area contributed by atoms with Crippen LogP contribution in [0.15, 0.2) is 29.3 Å². The molecule has 0 aromatic heterocycles. The predicted molar refractivity (Wildman–Crippen MR) is 107 cm³/mol. The molecule has 2 atom stereocenters. The van der Waals surface area contributed by atoms with Crippen molar-refractivity contribution in [3.05, 3.63) is 34.9 Å². The number of benzene rings is 1. The minimum absolute atomic E-state index is 0.223. The number of rotatable bonds is 5. The second kappa shape index (κ2) is 7.87. The summed E-state index contributed by atoms with van der Waals surface area (Å²) in [5.74, 6) is 1.47. The second-order valence-corrected chi connectivity index (χ2v) is 8.20. The average Bonchev–Trinajstić information content (AvgIpc) is 3.23. The topological polar surface area (TPSA) is 56.7 Å². The third-order valence-corrected chi connectivity index (χ3v) is 5.86. The van der Waals surface area contributed by atoms with Crippen molar-refractivity contribution in [2.45, 2.75) is 44.1 Å². The number of carbonyl (C=O) groups is 1. The fourth-order valence-electron chi connectivity index (χ4n) is 4.08. The highest BCUT2D eigenvalue weighted by molar-refractivity contribution is 6.30. The van der Waals surface area contributed by atoms with Crippen LogP contribution in [-0.2, 0) is 4.79 Å². The molecule has 3 rings (SSSR count). The molecule has 142 valence electrons. The van der Waals surface area contributed by atoms with Crippen LogP contribution >= 0.6 is 11.6 Å². The molecular weight excluding hydrogens is 348 g/mol. The lowest BCUT2D eigenvalue weighted by atomic mass is 9.84. The van der Waals surface area contributed by atoms with Crippen molar-refractivity contribution in [1.29, 1.82) is 0 Å². The lowest BCUT2D eigenvalue weighted by Gasteiger charge is -2.31. The Morgan fingerprint density at radius 3 is 2.69 bits per heavy atom. The zero-order chi connectivity index (χ0) is 18.7. The smallest absolute Gasteiger partial charge is 0.230 e. The Hall–Kier alpha value is -1.75. The zero-order valence-electron chi connectivity index (χ0n) is 15.9. The highest BCUT2D eigenvalue weighted by atomic mass is 35.5. The molecule has 0 bridgehead atoms. The third-order valence-electron chi connectivity index (χ3n) is 5.63. The number of nitrogens with one attached hydrogen (secondary N) is 2. The van der Waals surface area contributed by atoms with Gasteiger partial charge in [0.2, 0.25) is 5.91 Å². The van der Waals surface area contributed by atoms with E-state index in [4.69, 9.17) is 11.6 Å². The van der Waals surface area contributed by atoms with E-state index in [9.17, 15) is 4.79 Å². The fraction of sp³-hybridized carbons (Fsp3) is 0.600. The molecule has 5 nitrogen and oxygen atoms in total. The maximum Gasteiger partial charge on any atom is 0.230 e. The molecule has 0 heterocycles. The minimum Gasteiger partial charge on any atom is -0.355 e. The summed E-state index contributed by atoms with van der Waals surface area (Å²) < 4.78 is 0. The van der Waals surface area contributed by atoms with E-state index >= 15 is 0 Å². The first-order valence-corrected chi connectivity index (χ1v) is 9.77. The van der Waals surface area contributed by atoms with Crippen LogP contribution in [0, 0.1) is 5.41 Å². The van der Waals surface area contributed by atoms with Crippen molar-refractivity contribution in [2.75, 3.05) is 27.7 Å². The summed E-state index contributed by atoms with van der Waals surface area (Å²) >= 11 is 6.10. The lowest BCUT2D eigenvalue weighted by molar-refractivity contribution is -0.138. The van der Waals surface area contributed by atoms with Gasteiger partial charge in [-0.15, -0.1) is 0 Å². The van der Waals surface area contributed by atoms with Gasteiger partial charge in [-0.2, -0.15) is 0 Å². The van der Waals surface area contributed by atoms with Gasteiger partial charge in [0.1, 0.15) is 0 Å². The molecule has 2 aliphatic rings. The Kier molecular flexibility index (Phi) is 5.76. The summed E-state index contributed by atoms with van der Waals surface area (Å²) in [6, 6.07) is 8.42. The average molecular weight is 377 g/mol. The summed E-state index contributed by atoms with van der Waals surface area (Å²) in [6.45, 7) is 0.637. The van der Waals surface area contributed by atoms with E-state index in [1.54, 1.807) is 11.9 Å². The number of halogens is 1. The predicted octanol–water partition coefficient (Wildman–Crippen LogP) is 3.01. The van der Waals surface area contributed by atoms with Gasteiger partial charge in [-0.1, -0.05) is 36.6 Å². The van der Waals surface area contributed by atoms with Crippen LogP contribution < -0.4 is 10.6 Å². The molecule has 2 unspecified atom stereocenters. The van der Waals surface area contributed by atoms with Gasteiger partial charge in [0, 0.05) is 44.7 Å². The molecule has 2 saturated carbocycles. The lowest BCUT2D eigenvalue weighted by Crippen LogP contribution is -2.49. The maximum atomic E-state index is 12.7. The van der Waals surface area contributed by atoms with Crippen LogP contribution in [0.25, 0.3) is 0 Å². The Morgan fingerprint density at radius 2 is 2.08 bits per heavy atom.